The summed E-state index contributed by atoms with van der Waals surface area (Å²) in [6.45, 7) is 4.81. The minimum atomic E-state index is -3.52. The second kappa shape index (κ2) is 13.2. The number of sulfone groups is 1. The molecule has 2 aliphatic heterocycles. The van der Waals surface area contributed by atoms with E-state index < -0.39 is 21.3 Å². The Kier molecular flexibility index (Phi) is 9.16. The molecular weight excluding hydrogens is 584 g/mol. The van der Waals surface area contributed by atoms with Crippen LogP contribution in [-0.2, 0) is 20.0 Å². The van der Waals surface area contributed by atoms with E-state index in [1.54, 1.807) is 36.4 Å². The number of benzene rings is 3. The number of rotatable bonds is 9. The number of methoxy groups -OCH3 is 1. The SMILES string of the molecule is COC(=O)N[C@@H]1CCC[C@H]1C(C#N)(c1ccccc1)C1CCN(CC2CN(c3ccc(S(=O)(=O)c4ccccc4)cc3)C2)CC1. The van der Waals surface area contributed by atoms with E-state index in [2.05, 4.69) is 33.3 Å². The quantitative estimate of drug-likeness (QED) is 0.327. The van der Waals surface area contributed by atoms with E-state index in [-0.39, 0.29) is 17.9 Å². The Bertz CT molecular complexity index is 1600. The lowest BCUT2D eigenvalue weighted by molar-refractivity contribution is 0.0939. The van der Waals surface area contributed by atoms with Crippen LogP contribution in [0.1, 0.15) is 37.7 Å². The normalized spacial score (nSPS) is 22.6. The van der Waals surface area contributed by atoms with Gasteiger partial charge < -0.3 is 19.9 Å². The lowest BCUT2D eigenvalue weighted by atomic mass is 9.59. The largest absolute Gasteiger partial charge is 0.453 e. The summed E-state index contributed by atoms with van der Waals surface area (Å²) in [6.07, 6.45) is 4.21. The Labute approximate surface area is 266 Å². The van der Waals surface area contributed by atoms with Crippen LogP contribution < -0.4 is 10.2 Å². The third-order valence-electron chi connectivity index (χ3n) is 10.3. The molecule has 6 rings (SSSR count). The first-order valence-electron chi connectivity index (χ1n) is 16.0. The average Bonchev–Trinajstić information content (AvgIpc) is 3.53. The summed E-state index contributed by atoms with van der Waals surface area (Å²) in [5, 5.41) is 14.0. The third-order valence-corrected chi connectivity index (χ3v) is 12.1. The van der Waals surface area contributed by atoms with Gasteiger partial charge in [0.1, 0.15) is 0 Å². The van der Waals surface area contributed by atoms with Gasteiger partial charge in [-0.05, 0) is 86.7 Å². The molecule has 2 saturated heterocycles. The molecular formula is C36H42N4O4S. The molecule has 0 aromatic heterocycles. The number of nitriles is 1. The van der Waals surface area contributed by atoms with Crippen LogP contribution in [0.4, 0.5) is 10.5 Å². The number of nitrogens with zero attached hydrogens (tertiary/aromatic N) is 3. The summed E-state index contributed by atoms with van der Waals surface area (Å²) in [7, 11) is -2.13. The number of hydrogen-bond donors (Lipinski definition) is 1. The van der Waals surface area contributed by atoms with E-state index in [0.717, 1.165) is 76.1 Å². The fourth-order valence-corrected chi connectivity index (χ4v) is 9.28. The molecule has 3 aliphatic rings. The molecule has 1 unspecified atom stereocenters. The third kappa shape index (κ3) is 6.18. The molecule has 1 N–H and O–H groups in total. The first-order chi connectivity index (χ1) is 21.8. The molecule has 45 heavy (non-hydrogen) atoms. The highest BCUT2D eigenvalue weighted by Crippen LogP contribution is 2.50. The first-order valence-corrected chi connectivity index (χ1v) is 17.5. The predicted octanol–water partition coefficient (Wildman–Crippen LogP) is 5.65. The summed E-state index contributed by atoms with van der Waals surface area (Å²) in [5.74, 6) is 0.789. The van der Waals surface area contributed by atoms with E-state index in [0.29, 0.717) is 15.7 Å². The number of carbonyl (C=O) groups excluding carboxylic acids is 1. The van der Waals surface area contributed by atoms with Crippen molar-refractivity contribution in [3.05, 3.63) is 90.5 Å². The van der Waals surface area contributed by atoms with Crippen molar-refractivity contribution in [3.8, 4) is 6.07 Å². The van der Waals surface area contributed by atoms with E-state index >= 15 is 0 Å². The number of carbonyl (C=O) groups is 1. The average molecular weight is 627 g/mol. The van der Waals surface area contributed by atoms with Crippen LogP contribution in [0.3, 0.4) is 0 Å². The van der Waals surface area contributed by atoms with Gasteiger partial charge in [-0.1, -0.05) is 55.0 Å². The second-order valence-corrected chi connectivity index (χ2v) is 14.7. The lowest BCUT2D eigenvalue weighted by Gasteiger charge is -2.48. The molecule has 236 valence electrons. The van der Waals surface area contributed by atoms with Crippen LogP contribution in [0.5, 0.6) is 0 Å². The molecule has 1 amide bonds. The number of nitrogens with one attached hydrogen (secondary N) is 1. The van der Waals surface area contributed by atoms with Crippen molar-refractivity contribution in [2.45, 2.75) is 53.4 Å². The topological polar surface area (TPSA) is 103 Å². The van der Waals surface area contributed by atoms with Gasteiger partial charge in [0.25, 0.3) is 0 Å². The number of anilines is 1. The Morgan fingerprint density at radius 2 is 1.53 bits per heavy atom. The summed E-state index contributed by atoms with van der Waals surface area (Å²) >= 11 is 0. The van der Waals surface area contributed by atoms with Crippen LogP contribution in [0.2, 0.25) is 0 Å². The van der Waals surface area contributed by atoms with Gasteiger partial charge in [0.15, 0.2) is 0 Å². The Morgan fingerprint density at radius 3 is 2.16 bits per heavy atom. The van der Waals surface area contributed by atoms with Gasteiger partial charge in [0.2, 0.25) is 9.84 Å². The fourth-order valence-electron chi connectivity index (χ4n) is 8.00. The maximum Gasteiger partial charge on any atom is 0.407 e. The smallest absolute Gasteiger partial charge is 0.407 e. The van der Waals surface area contributed by atoms with Gasteiger partial charge in [0, 0.05) is 43.2 Å². The fraction of sp³-hybridized carbons (Fsp3) is 0.444. The van der Waals surface area contributed by atoms with E-state index in [1.165, 1.54) is 7.11 Å². The Balaban J connectivity index is 1.07. The summed E-state index contributed by atoms with van der Waals surface area (Å²) < 4.78 is 30.8. The number of likely N-dealkylation sites (tertiary alicyclic amines) is 1. The van der Waals surface area contributed by atoms with Gasteiger partial charge in [-0.25, -0.2) is 13.2 Å². The van der Waals surface area contributed by atoms with Crippen LogP contribution in [-0.4, -0.2) is 65.3 Å². The molecule has 8 nitrogen and oxygen atoms in total. The van der Waals surface area contributed by atoms with Crippen molar-refractivity contribution in [2.75, 3.05) is 44.7 Å². The molecule has 0 bridgehead atoms. The van der Waals surface area contributed by atoms with Crippen LogP contribution >= 0.6 is 0 Å². The van der Waals surface area contributed by atoms with Crippen LogP contribution in [0.25, 0.3) is 0 Å². The van der Waals surface area contributed by atoms with Crippen molar-refractivity contribution in [1.29, 1.82) is 5.26 Å². The number of alkyl carbamates (subject to hydrolysis) is 1. The van der Waals surface area contributed by atoms with Crippen molar-refractivity contribution >= 4 is 21.6 Å². The monoisotopic (exact) mass is 626 g/mol. The van der Waals surface area contributed by atoms with Crippen molar-refractivity contribution in [2.24, 2.45) is 17.8 Å². The van der Waals surface area contributed by atoms with Gasteiger partial charge in [0.05, 0.1) is 28.4 Å². The van der Waals surface area contributed by atoms with E-state index in [4.69, 9.17) is 4.74 Å². The summed E-state index contributed by atoms with van der Waals surface area (Å²) in [6, 6.07) is 28.8. The van der Waals surface area contributed by atoms with E-state index in [9.17, 15) is 18.5 Å². The number of hydrogen-bond acceptors (Lipinski definition) is 7. The zero-order valence-corrected chi connectivity index (χ0v) is 26.7. The molecule has 3 fully saturated rings. The summed E-state index contributed by atoms with van der Waals surface area (Å²) in [4.78, 5) is 17.7. The standard InChI is InChI=1S/C36H42N4O4S/c1-44-35(41)38-34-14-8-13-33(34)36(26-37,28-9-4-2-5-10-28)29-19-21-39(22-20-29)23-27-24-40(25-27)30-15-17-32(18-16-30)45(42,43)31-11-6-3-7-12-31/h2-7,9-12,15-18,27,29,33-34H,8,13-14,19-25H2,1H3,(H,38,41)/t33-,34-,36?/m1/s1. The molecule has 3 aromatic rings. The van der Waals surface area contributed by atoms with Gasteiger partial charge in [-0.15, -0.1) is 0 Å². The number of piperidine rings is 1. The zero-order valence-electron chi connectivity index (χ0n) is 25.8. The predicted molar refractivity (Wildman–Crippen MR) is 174 cm³/mol. The Hall–Kier alpha value is -3.87. The second-order valence-electron chi connectivity index (χ2n) is 12.8. The van der Waals surface area contributed by atoms with Crippen molar-refractivity contribution < 1.29 is 17.9 Å². The highest BCUT2D eigenvalue weighted by atomic mass is 32.2. The maximum atomic E-state index is 12.9. The Morgan fingerprint density at radius 1 is 0.911 bits per heavy atom. The molecule has 0 radical (unpaired) electrons. The van der Waals surface area contributed by atoms with Gasteiger partial charge >= 0.3 is 6.09 Å². The number of amides is 1. The molecule has 3 aromatic carbocycles. The van der Waals surface area contributed by atoms with Crippen LogP contribution in [0, 0.1) is 29.1 Å². The van der Waals surface area contributed by atoms with E-state index in [1.807, 2.05) is 36.4 Å². The molecule has 1 aliphatic carbocycles. The van der Waals surface area contributed by atoms with Gasteiger partial charge in [-0.3, -0.25) is 0 Å². The van der Waals surface area contributed by atoms with Crippen molar-refractivity contribution in [3.63, 3.8) is 0 Å². The summed E-state index contributed by atoms with van der Waals surface area (Å²) in [5.41, 5.74) is 1.44. The molecule has 1 saturated carbocycles. The highest BCUT2D eigenvalue weighted by Gasteiger charge is 2.52. The highest BCUT2D eigenvalue weighted by molar-refractivity contribution is 7.91. The molecule has 9 heteroatoms. The number of ether oxygens (including phenoxy) is 1. The van der Waals surface area contributed by atoms with Crippen LogP contribution in [0.15, 0.2) is 94.7 Å². The minimum Gasteiger partial charge on any atom is -0.453 e. The van der Waals surface area contributed by atoms with Crippen molar-refractivity contribution in [1.82, 2.24) is 10.2 Å². The molecule has 2 heterocycles. The lowest BCUT2D eigenvalue weighted by Crippen LogP contribution is -2.55. The first kappa shape index (κ1) is 31.1. The minimum absolute atomic E-state index is 0.0369. The molecule has 0 spiro atoms. The van der Waals surface area contributed by atoms with Gasteiger partial charge in [-0.2, -0.15) is 5.26 Å². The zero-order chi connectivity index (χ0) is 31.4. The molecule has 3 atom stereocenters. The maximum absolute atomic E-state index is 12.9.